The Hall–Kier alpha value is -2.08. The topological polar surface area (TPSA) is 95.7 Å². The van der Waals surface area contributed by atoms with E-state index < -0.39 is 12.1 Å². The van der Waals surface area contributed by atoms with E-state index in [1.165, 1.54) is 4.90 Å². The van der Waals surface area contributed by atoms with E-state index in [2.05, 4.69) is 5.32 Å². The van der Waals surface area contributed by atoms with Crippen LogP contribution in [0.25, 0.3) is 0 Å². The number of benzene rings is 1. The summed E-state index contributed by atoms with van der Waals surface area (Å²) in [5, 5.41) is 12.3. The first-order valence-corrected chi connectivity index (χ1v) is 7.12. The third-order valence-electron chi connectivity index (χ3n) is 3.80. The summed E-state index contributed by atoms with van der Waals surface area (Å²) < 4.78 is 0. The minimum Gasteiger partial charge on any atom is -0.394 e. The summed E-state index contributed by atoms with van der Waals surface area (Å²) >= 11 is 0. The molecular formula is C15H21N3O3. The minimum atomic E-state index is -0.491. The van der Waals surface area contributed by atoms with Gasteiger partial charge in [-0.25, -0.2) is 4.79 Å². The lowest BCUT2D eigenvalue weighted by Gasteiger charge is -2.31. The molecule has 3 amide bonds. The molecule has 2 rings (SSSR count). The quantitative estimate of drug-likeness (QED) is 0.759. The van der Waals surface area contributed by atoms with Gasteiger partial charge in [0.2, 0.25) is 5.91 Å². The van der Waals surface area contributed by atoms with Gasteiger partial charge in [-0.3, -0.25) is 4.79 Å². The Labute approximate surface area is 123 Å². The average molecular weight is 291 g/mol. The normalized spacial score (nSPS) is 19.9. The summed E-state index contributed by atoms with van der Waals surface area (Å²) in [5.41, 5.74) is 6.12. The van der Waals surface area contributed by atoms with Gasteiger partial charge < -0.3 is 21.1 Å². The molecule has 1 fully saturated rings. The Morgan fingerprint density at radius 2 is 2.10 bits per heavy atom. The number of amides is 3. The molecule has 1 heterocycles. The van der Waals surface area contributed by atoms with Crippen LogP contribution in [0, 0.1) is 5.92 Å². The highest BCUT2D eigenvalue weighted by Gasteiger charge is 2.28. The number of carbonyl (C=O) groups excluding carboxylic acids is 2. The molecule has 0 radical (unpaired) electrons. The number of aliphatic hydroxyl groups is 1. The molecule has 1 saturated heterocycles. The van der Waals surface area contributed by atoms with Crippen LogP contribution in [0.15, 0.2) is 30.3 Å². The maximum Gasteiger partial charge on any atom is 0.314 e. The van der Waals surface area contributed by atoms with Crippen LogP contribution >= 0.6 is 0 Å². The van der Waals surface area contributed by atoms with Crippen LogP contribution in [-0.4, -0.2) is 41.6 Å². The van der Waals surface area contributed by atoms with Gasteiger partial charge in [0, 0.05) is 13.1 Å². The average Bonchev–Trinajstić information content (AvgIpc) is 2.53. The van der Waals surface area contributed by atoms with Crippen LogP contribution in [-0.2, 0) is 4.79 Å². The molecule has 0 saturated carbocycles. The van der Waals surface area contributed by atoms with Crippen molar-refractivity contribution < 1.29 is 14.7 Å². The molecule has 0 spiro atoms. The number of nitrogens with zero attached hydrogens (tertiary/aromatic N) is 1. The van der Waals surface area contributed by atoms with E-state index in [9.17, 15) is 14.7 Å². The van der Waals surface area contributed by atoms with Crippen LogP contribution in [0.3, 0.4) is 0 Å². The van der Waals surface area contributed by atoms with Crippen molar-refractivity contribution >= 4 is 11.9 Å². The second-order valence-electron chi connectivity index (χ2n) is 5.28. The lowest BCUT2D eigenvalue weighted by atomic mass is 9.96. The van der Waals surface area contributed by atoms with Crippen molar-refractivity contribution in [1.82, 2.24) is 10.2 Å². The van der Waals surface area contributed by atoms with E-state index in [1.807, 2.05) is 30.3 Å². The van der Waals surface area contributed by atoms with Gasteiger partial charge in [0.15, 0.2) is 0 Å². The molecule has 1 aliphatic heterocycles. The molecule has 1 aromatic carbocycles. The maximum atomic E-state index is 12.3. The number of hydrogen-bond donors (Lipinski definition) is 3. The molecule has 1 unspecified atom stereocenters. The number of urea groups is 1. The molecule has 1 aliphatic rings. The second-order valence-corrected chi connectivity index (χ2v) is 5.28. The van der Waals surface area contributed by atoms with E-state index in [0.29, 0.717) is 13.1 Å². The Bertz CT molecular complexity index is 492. The first-order valence-electron chi connectivity index (χ1n) is 7.12. The Morgan fingerprint density at radius 3 is 2.71 bits per heavy atom. The van der Waals surface area contributed by atoms with Gasteiger partial charge in [0.05, 0.1) is 18.6 Å². The Morgan fingerprint density at radius 1 is 1.38 bits per heavy atom. The number of rotatable bonds is 4. The number of carbonyl (C=O) groups is 2. The largest absolute Gasteiger partial charge is 0.394 e. The van der Waals surface area contributed by atoms with Crippen molar-refractivity contribution in [2.24, 2.45) is 11.7 Å². The van der Waals surface area contributed by atoms with Crippen molar-refractivity contribution in [3.63, 3.8) is 0 Å². The fourth-order valence-electron chi connectivity index (χ4n) is 2.60. The Kier molecular flexibility index (Phi) is 5.16. The van der Waals surface area contributed by atoms with Crippen LogP contribution < -0.4 is 11.1 Å². The number of nitrogens with two attached hydrogens (primary N) is 1. The summed E-state index contributed by atoms with van der Waals surface area (Å²) in [6.45, 7) is 0.775. The van der Waals surface area contributed by atoms with Gasteiger partial charge in [-0.05, 0) is 18.4 Å². The number of primary amides is 1. The van der Waals surface area contributed by atoms with Crippen molar-refractivity contribution in [2.75, 3.05) is 19.7 Å². The van der Waals surface area contributed by atoms with Crippen molar-refractivity contribution in [3.05, 3.63) is 35.9 Å². The molecule has 6 heteroatoms. The van der Waals surface area contributed by atoms with Crippen molar-refractivity contribution in [1.29, 1.82) is 0 Å². The van der Waals surface area contributed by atoms with Gasteiger partial charge in [-0.1, -0.05) is 30.3 Å². The standard InChI is InChI=1S/C15H21N3O3/c16-15(21)18-8-4-7-12(9-18)14(20)17-13(10-19)11-5-2-1-3-6-11/h1-3,5-6,12-13,19H,4,7-10H2,(H2,16,21)(H,17,20)/t12?,13-/m1/s1. The second kappa shape index (κ2) is 7.08. The summed E-state index contributed by atoms with van der Waals surface area (Å²) in [6.07, 6.45) is 1.48. The highest BCUT2D eigenvalue weighted by Crippen LogP contribution is 2.19. The molecule has 2 atom stereocenters. The molecule has 21 heavy (non-hydrogen) atoms. The third kappa shape index (κ3) is 3.95. The predicted molar refractivity (Wildman–Crippen MR) is 78.3 cm³/mol. The van der Waals surface area contributed by atoms with Gasteiger partial charge >= 0.3 is 6.03 Å². The zero-order valence-corrected chi connectivity index (χ0v) is 11.9. The number of nitrogens with one attached hydrogen (secondary N) is 1. The van der Waals surface area contributed by atoms with E-state index >= 15 is 0 Å². The first kappa shape index (κ1) is 15.3. The third-order valence-corrected chi connectivity index (χ3v) is 3.80. The maximum absolute atomic E-state index is 12.3. The minimum absolute atomic E-state index is 0.149. The highest BCUT2D eigenvalue weighted by molar-refractivity contribution is 5.80. The summed E-state index contributed by atoms with van der Waals surface area (Å²) in [4.78, 5) is 25.0. The van der Waals surface area contributed by atoms with E-state index in [-0.39, 0.29) is 18.4 Å². The number of hydrogen-bond acceptors (Lipinski definition) is 3. The molecule has 0 aromatic heterocycles. The summed E-state index contributed by atoms with van der Waals surface area (Å²) in [7, 11) is 0. The molecule has 4 N–H and O–H groups in total. The number of piperidine rings is 1. The highest BCUT2D eigenvalue weighted by atomic mass is 16.3. The van der Waals surface area contributed by atoms with Gasteiger partial charge in [0.25, 0.3) is 0 Å². The van der Waals surface area contributed by atoms with Crippen molar-refractivity contribution in [3.8, 4) is 0 Å². The predicted octanol–water partition coefficient (Wildman–Crippen LogP) is 0.627. The van der Waals surface area contributed by atoms with Gasteiger partial charge in [-0.2, -0.15) is 0 Å². The van der Waals surface area contributed by atoms with E-state index in [1.54, 1.807) is 0 Å². The smallest absolute Gasteiger partial charge is 0.314 e. The molecule has 114 valence electrons. The molecule has 0 bridgehead atoms. The zero-order valence-electron chi connectivity index (χ0n) is 11.9. The summed E-state index contributed by atoms with van der Waals surface area (Å²) in [6, 6.07) is 8.40. The van der Waals surface area contributed by atoms with Crippen LogP contribution in [0.4, 0.5) is 4.79 Å². The van der Waals surface area contributed by atoms with Crippen molar-refractivity contribution in [2.45, 2.75) is 18.9 Å². The van der Waals surface area contributed by atoms with Gasteiger partial charge in [-0.15, -0.1) is 0 Å². The zero-order chi connectivity index (χ0) is 15.2. The fourth-order valence-corrected chi connectivity index (χ4v) is 2.60. The monoisotopic (exact) mass is 291 g/mol. The number of aliphatic hydroxyl groups excluding tert-OH is 1. The molecule has 0 aliphatic carbocycles. The first-order chi connectivity index (χ1) is 10.1. The summed E-state index contributed by atoms with van der Waals surface area (Å²) in [5.74, 6) is -0.423. The van der Waals surface area contributed by atoms with E-state index in [0.717, 1.165) is 18.4 Å². The van der Waals surface area contributed by atoms with Crippen LogP contribution in [0.5, 0.6) is 0 Å². The van der Waals surface area contributed by atoms with Crippen LogP contribution in [0.2, 0.25) is 0 Å². The molecule has 6 nitrogen and oxygen atoms in total. The lowest BCUT2D eigenvalue weighted by Crippen LogP contribution is -2.48. The molecular weight excluding hydrogens is 270 g/mol. The SMILES string of the molecule is NC(=O)N1CCCC(C(=O)N[C@H](CO)c2ccccc2)C1. The Balaban J connectivity index is 1.98. The van der Waals surface area contributed by atoms with Gasteiger partial charge in [0.1, 0.15) is 0 Å². The lowest BCUT2D eigenvalue weighted by molar-refractivity contribution is -0.127. The number of likely N-dealkylation sites (tertiary alicyclic amines) is 1. The van der Waals surface area contributed by atoms with Crippen LogP contribution in [0.1, 0.15) is 24.4 Å². The fraction of sp³-hybridized carbons (Fsp3) is 0.467. The van der Waals surface area contributed by atoms with E-state index in [4.69, 9.17) is 5.73 Å². The molecule has 1 aromatic rings.